The van der Waals surface area contributed by atoms with Gasteiger partial charge < -0.3 is 14.4 Å². The fraction of sp³-hybridized carbons (Fsp3) is 0.385. The van der Waals surface area contributed by atoms with Gasteiger partial charge in [-0.1, -0.05) is 11.6 Å². The third-order valence-corrected chi connectivity index (χ3v) is 3.06. The minimum absolute atomic E-state index is 0.336. The number of nitrogens with zero attached hydrogens (tertiary/aromatic N) is 1. The van der Waals surface area contributed by atoms with Crippen LogP contribution in [-0.2, 0) is 14.3 Å². The number of fused-ring (bicyclic) bond motifs is 1. The van der Waals surface area contributed by atoms with Crippen LogP contribution in [0.4, 0.5) is 5.69 Å². The van der Waals surface area contributed by atoms with Crippen LogP contribution >= 0.6 is 11.6 Å². The Morgan fingerprint density at radius 3 is 2.74 bits per heavy atom. The van der Waals surface area contributed by atoms with Crippen molar-refractivity contribution in [1.82, 2.24) is 0 Å². The Bertz CT molecular complexity index is 503. The number of rotatable bonds is 6. The molecule has 1 amide bonds. The summed E-state index contributed by atoms with van der Waals surface area (Å²) in [5, 5.41) is 0.443. The van der Waals surface area contributed by atoms with E-state index in [1.165, 1.54) is 11.0 Å². The van der Waals surface area contributed by atoms with Gasteiger partial charge in [-0.05, 0) is 18.2 Å². The predicted octanol–water partition coefficient (Wildman–Crippen LogP) is 1.53. The third kappa shape index (κ3) is 2.94. The van der Waals surface area contributed by atoms with Crippen molar-refractivity contribution in [3.05, 3.63) is 28.8 Å². The van der Waals surface area contributed by atoms with Gasteiger partial charge in [0.25, 0.3) is 11.7 Å². The number of carbonyl (C=O) groups excluding carboxylic acids is 2. The second kappa shape index (κ2) is 6.14. The Balaban J connectivity index is 2.02. The molecule has 2 rings (SSSR count). The van der Waals surface area contributed by atoms with Crippen molar-refractivity contribution >= 4 is 29.0 Å². The average Bonchev–Trinajstić information content (AvgIpc) is 2.63. The molecule has 0 aromatic heterocycles. The van der Waals surface area contributed by atoms with Crippen molar-refractivity contribution in [1.29, 1.82) is 0 Å². The molecule has 0 spiro atoms. The summed E-state index contributed by atoms with van der Waals surface area (Å²) in [6, 6.07) is 4.85. The number of methoxy groups -OCH3 is 1. The maximum absolute atomic E-state index is 11.8. The lowest BCUT2D eigenvalue weighted by Gasteiger charge is -2.16. The fourth-order valence-corrected chi connectivity index (χ4v) is 2.07. The SMILES string of the molecule is COCCOCCN1C(=O)C(=O)c2cc(Cl)ccc21. The van der Waals surface area contributed by atoms with Gasteiger partial charge in [0.1, 0.15) is 0 Å². The first-order valence-electron chi connectivity index (χ1n) is 5.87. The van der Waals surface area contributed by atoms with Gasteiger partial charge in [-0.25, -0.2) is 0 Å². The molecule has 0 radical (unpaired) electrons. The molecule has 1 aliphatic heterocycles. The van der Waals surface area contributed by atoms with E-state index in [9.17, 15) is 9.59 Å². The van der Waals surface area contributed by atoms with Crippen LogP contribution in [0.3, 0.4) is 0 Å². The number of benzene rings is 1. The zero-order valence-electron chi connectivity index (χ0n) is 10.5. The molecule has 1 aromatic rings. The lowest BCUT2D eigenvalue weighted by atomic mass is 10.1. The summed E-state index contributed by atoms with van der Waals surface area (Å²) in [5.74, 6) is -1.05. The molecule has 102 valence electrons. The van der Waals surface area contributed by atoms with Gasteiger partial charge in [-0.3, -0.25) is 9.59 Å². The Hall–Kier alpha value is -1.43. The predicted molar refractivity (Wildman–Crippen MR) is 70.8 cm³/mol. The van der Waals surface area contributed by atoms with E-state index >= 15 is 0 Å². The van der Waals surface area contributed by atoms with Crippen molar-refractivity contribution in [3.8, 4) is 0 Å². The Morgan fingerprint density at radius 2 is 2.00 bits per heavy atom. The third-order valence-electron chi connectivity index (χ3n) is 2.82. The van der Waals surface area contributed by atoms with Crippen molar-refractivity contribution in [3.63, 3.8) is 0 Å². The molecule has 0 saturated heterocycles. The van der Waals surface area contributed by atoms with Crippen LogP contribution in [0.15, 0.2) is 18.2 Å². The maximum Gasteiger partial charge on any atom is 0.299 e. The number of amides is 1. The zero-order chi connectivity index (χ0) is 13.8. The van der Waals surface area contributed by atoms with Gasteiger partial charge in [0.05, 0.1) is 31.1 Å². The lowest BCUT2D eigenvalue weighted by molar-refractivity contribution is -0.114. The van der Waals surface area contributed by atoms with Crippen LogP contribution in [0, 0.1) is 0 Å². The number of Topliss-reactive ketones (excluding diaryl/α,β-unsaturated/α-hetero) is 1. The number of anilines is 1. The van der Waals surface area contributed by atoms with Crippen LogP contribution in [0.1, 0.15) is 10.4 Å². The first kappa shape index (κ1) is 14.0. The lowest BCUT2D eigenvalue weighted by Crippen LogP contribution is -2.33. The van der Waals surface area contributed by atoms with Crippen molar-refractivity contribution in [2.45, 2.75) is 0 Å². The van der Waals surface area contributed by atoms with Crippen molar-refractivity contribution in [2.24, 2.45) is 0 Å². The molecule has 1 aromatic carbocycles. The summed E-state index contributed by atoms with van der Waals surface area (Å²) < 4.78 is 10.1. The minimum atomic E-state index is -0.535. The summed E-state index contributed by atoms with van der Waals surface area (Å²) >= 11 is 5.83. The Labute approximate surface area is 116 Å². The molecule has 19 heavy (non-hydrogen) atoms. The van der Waals surface area contributed by atoms with E-state index in [-0.39, 0.29) is 0 Å². The summed E-state index contributed by atoms with van der Waals surface area (Å²) in [6.07, 6.45) is 0. The van der Waals surface area contributed by atoms with E-state index in [4.69, 9.17) is 21.1 Å². The second-order valence-corrected chi connectivity index (χ2v) is 4.49. The van der Waals surface area contributed by atoms with E-state index in [1.807, 2.05) is 0 Å². The zero-order valence-corrected chi connectivity index (χ0v) is 11.3. The monoisotopic (exact) mass is 283 g/mol. The first-order valence-corrected chi connectivity index (χ1v) is 6.25. The van der Waals surface area contributed by atoms with Crippen molar-refractivity contribution < 1.29 is 19.1 Å². The number of hydrogen-bond acceptors (Lipinski definition) is 4. The van der Waals surface area contributed by atoms with Gasteiger partial charge in [-0.15, -0.1) is 0 Å². The summed E-state index contributed by atoms with van der Waals surface area (Å²) in [7, 11) is 1.59. The molecule has 6 heteroatoms. The Kier molecular flexibility index (Phi) is 4.52. The van der Waals surface area contributed by atoms with E-state index in [0.717, 1.165) is 0 Å². The highest BCUT2D eigenvalue weighted by molar-refractivity contribution is 6.52. The van der Waals surface area contributed by atoms with Crippen LogP contribution in [0.25, 0.3) is 0 Å². The molecule has 1 heterocycles. The molecular weight excluding hydrogens is 270 g/mol. The molecule has 0 unspecified atom stereocenters. The van der Waals surface area contributed by atoms with E-state index < -0.39 is 11.7 Å². The Morgan fingerprint density at radius 1 is 1.21 bits per heavy atom. The van der Waals surface area contributed by atoms with Crippen LogP contribution in [-0.4, -0.2) is 45.2 Å². The van der Waals surface area contributed by atoms with Gasteiger partial charge in [0.15, 0.2) is 0 Å². The van der Waals surface area contributed by atoms with Gasteiger partial charge in [-0.2, -0.15) is 0 Å². The smallest absolute Gasteiger partial charge is 0.299 e. The molecule has 0 saturated carbocycles. The van der Waals surface area contributed by atoms with E-state index in [1.54, 1.807) is 19.2 Å². The molecule has 0 fully saturated rings. The second-order valence-electron chi connectivity index (χ2n) is 4.05. The number of halogens is 1. The number of hydrogen-bond donors (Lipinski definition) is 0. The van der Waals surface area contributed by atoms with Crippen LogP contribution in [0.5, 0.6) is 0 Å². The van der Waals surface area contributed by atoms with Gasteiger partial charge in [0.2, 0.25) is 0 Å². The molecule has 0 bridgehead atoms. The van der Waals surface area contributed by atoms with Crippen molar-refractivity contribution in [2.75, 3.05) is 38.4 Å². The van der Waals surface area contributed by atoms with Gasteiger partial charge in [0, 0.05) is 18.7 Å². The average molecular weight is 284 g/mol. The topological polar surface area (TPSA) is 55.8 Å². The summed E-state index contributed by atoms with van der Waals surface area (Å²) in [4.78, 5) is 25.0. The summed E-state index contributed by atoms with van der Waals surface area (Å²) in [6.45, 7) is 1.65. The molecule has 0 N–H and O–H groups in total. The fourth-order valence-electron chi connectivity index (χ4n) is 1.89. The van der Waals surface area contributed by atoms with E-state index in [0.29, 0.717) is 42.6 Å². The highest BCUT2D eigenvalue weighted by atomic mass is 35.5. The molecule has 0 aliphatic carbocycles. The largest absolute Gasteiger partial charge is 0.382 e. The number of ether oxygens (including phenoxy) is 2. The first-order chi connectivity index (χ1) is 9.15. The molecular formula is C13H14ClNO4. The standard InChI is InChI=1S/C13H14ClNO4/c1-18-6-7-19-5-4-15-11-3-2-9(14)8-10(11)12(16)13(15)17/h2-3,8H,4-7H2,1H3. The number of carbonyl (C=O) groups is 2. The number of ketones is 1. The highest BCUT2D eigenvalue weighted by Gasteiger charge is 2.35. The molecule has 1 aliphatic rings. The molecule has 0 atom stereocenters. The quantitative estimate of drug-likeness (QED) is 0.587. The maximum atomic E-state index is 11.8. The van der Waals surface area contributed by atoms with E-state index in [2.05, 4.69) is 0 Å². The normalized spacial score (nSPS) is 14.1. The van der Waals surface area contributed by atoms with Gasteiger partial charge >= 0.3 is 0 Å². The minimum Gasteiger partial charge on any atom is -0.382 e. The highest BCUT2D eigenvalue weighted by Crippen LogP contribution is 2.30. The van der Waals surface area contributed by atoms with Crippen LogP contribution < -0.4 is 4.90 Å². The van der Waals surface area contributed by atoms with Crippen LogP contribution in [0.2, 0.25) is 5.02 Å². The molecule has 5 nitrogen and oxygen atoms in total. The summed E-state index contributed by atoms with van der Waals surface area (Å²) in [5.41, 5.74) is 0.948.